The Labute approximate surface area is 179 Å². The number of benzene rings is 2. The Hall–Kier alpha value is -3.10. The van der Waals surface area contributed by atoms with Crippen molar-refractivity contribution < 1.29 is 13.7 Å². The summed E-state index contributed by atoms with van der Waals surface area (Å²) in [7, 11) is 1.64. The van der Waals surface area contributed by atoms with Gasteiger partial charge in [-0.15, -0.1) is 0 Å². The van der Waals surface area contributed by atoms with E-state index in [1.54, 1.807) is 19.2 Å². The number of rotatable bonds is 6. The van der Waals surface area contributed by atoms with E-state index in [0.717, 1.165) is 22.4 Å². The minimum absolute atomic E-state index is 0.301. The Morgan fingerprint density at radius 2 is 1.90 bits per heavy atom. The molecule has 4 rings (SSSR count). The molecule has 1 aliphatic rings. The van der Waals surface area contributed by atoms with E-state index in [1.807, 2.05) is 42.2 Å². The number of nitrogens with one attached hydrogen (secondary N) is 1. The fourth-order valence-electron chi connectivity index (χ4n) is 3.45. The second kappa shape index (κ2) is 8.73. The zero-order valence-corrected chi connectivity index (χ0v) is 17.4. The predicted molar refractivity (Wildman–Crippen MR) is 116 cm³/mol. The molecule has 1 N–H and O–H groups in total. The largest absolute Gasteiger partial charge is 0.383 e. The molecule has 1 unspecified atom stereocenters. The first-order valence-electron chi connectivity index (χ1n) is 9.51. The van der Waals surface area contributed by atoms with Gasteiger partial charge in [0.2, 0.25) is 5.82 Å². The van der Waals surface area contributed by atoms with E-state index in [0.29, 0.717) is 30.0 Å². The first-order chi connectivity index (χ1) is 14.6. The number of thiocarbonyl (C=S) groups is 1. The number of hydrogen-bond donors (Lipinski definition) is 1. The molecule has 154 valence electrons. The maximum absolute atomic E-state index is 13.5. The third-order valence-electron chi connectivity index (χ3n) is 5.01. The van der Waals surface area contributed by atoms with Gasteiger partial charge >= 0.3 is 0 Å². The van der Waals surface area contributed by atoms with Gasteiger partial charge in [-0.3, -0.25) is 0 Å². The van der Waals surface area contributed by atoms with Crippen LogP contribution in [-0.2, 0) is 4.74 Å². The first-order valence-corrected chi connectivity index (χ1v) is 9.92. The molecule has 1 atom stereocenters. The normalized spacial score (nSPS) is 16.7. The van der Waals surface area contributed by atoms with Crippen LogP contribution in [0.5, 0.6) is 0 Å². The molecular weight excluding hydrogens is 403 g/mol. The van der Waals surface area contributed by atoms with Gasteiger partial charge in [-0.05, 0) is 36.8 Å². The Bertz CT molecular complexity index is 1070. The summed E-state index contributed by atoms with van der Waals surface area (Å²) >= 11 is 5.59. The summed E-state index contributed by atoms with van der Waals surface area (Å²) in [5, 5.41) is 8.05. The summed E-state index contributed by atoms with van der Waals surface area (Å²) in [6, 6.07) is 15.6. The Balaban J connectivity index is 1.79. The molecule has 0 amide bonds. The monoisotopic (exact) mass is 424 g/mol. The molecule has 0 spiro atoms. The number of methoxy groups -OCH3 is 1. The highest BCUT2D eigenvalue weighted by Crippen LogP contribution is 2.37. The lowest BCUT2D eigenvalue weighted by molar-refractivity contribution is 0.183. The number of nitrogens with zero attached hydrogens (tertiary/aromatic N) is 3. The molecule has 6 nitrogen and oxygen atoms in total. The first kappa shape index (κ1) is 20.2. The van der Waals surface area contributed by atoms with Gasteiger partial charge in [0.05, 0.1) is 18.2 Å². The average molecular weight is 425 g/mol. The second-order valence-electron chi connectivity index (χ2n) is 6.87. The van der Waals surface area contributed by atoms with E-state index in [9.17, 15) is 4.39 Å². The highest BCUT2D eigenvalue weighted by molar-refractivity contribution is 7.80. The van der Waals surface area contributed by atoms with Crippen LogP contribution in [0.25, 0.3) is 17.0 Å². The van der Waals surface area contributed by atoms with Crippen molar-refractivity contribution >= 4 is 22.9 Å². The summed E-state index contributed by atoms with van der Waals surface area (Å²) in [4.78, 5) is 6.58. The molecule has 1 aromatic heterocycles. The molecule has 30 heavy (non-hydrogen) atoms. The SMILES string of the molecule is COCCN1C(=S)NC(c2ccc(F)cc2)C(c2nc(-c3ccccc3)no2)=C1C. The Kier molecular flexibility index (Phi) is 5.87. The maximum Gasteiger partial charge on any atom is 0.258 e. The van der Waals surface area contributed by atoms with Crippen LogP contribution < -0.4 is 5.32 Å². The van der Waals surface area contributed by atoms with Gasteiger partial charge in [-0.2, -0.15) is 4.98 Å². The van der Waals surface area contributed by atoms with Crippen LogP contribution in [0.2, 0.25) is 0 Å². The predicted octanol–water partition coefficient (Wildman–Crippen LogP) is 4.18. The Morgan fingerprint density at radius 1 is 1.17 bits per heavy atom. The van der Waals surface area contributed by atoms with Crippen molar-refractivity contribution in [2.24, 2.45) is 0 Å². The van der Waals surface area contributed by atoms with E-state index in [-0.39, 0.29) is 11.9 Å². The summed E-state index contributed by atoms with van der Waals surface area (Å²) in [5.74, 6) is 0.587. The molecule has 2 heterocycles. The Morgan fingerprint density at radius 3 is 2.60 bits per heavy atom. The van der Waals surface area contributed by atoms with Crippen molar-refractivity contribution in [3.63, 3.8) is 0 Å². The molecule has 0 aliphatic carbocycles. The fraction of sp³-hybridized carbons (Fsp3) is 0.227. The van der Waals surface area contributed by atoms with Crippen molar-refractivity contribution in [2.45, 2.75) is 13.0 Å². The molecule has 3 aromatic rings. The van der Waals surface area contributed by atoms with Crippen molar-refractivity contribution in [3.05, 3.63) is 77.6 Å². The highest BCUT2D eigenvalue weighted by Gasteiger charge is 2.33. The van der Waals surface area contributed by atoms with Crippen LogP contribution in [0.1, 0.15) is 24.4 Å². The summed E-state index contributed by atoms with van der Waals surface area (Å²) in [5.41, 5.74) is 3.38. The van der Waals surface area contributed by atoms with Gasteiger partial charge in [0.15, 0.2) is 5.11 Å². The van der Waals surface area contributed by atoms with Gasteiger partial charge in [0.1, 0.15) is 5.82 Å². The van der Waals surface area contributed by atoms with Crippen molar-refractivity contribution in [1.29, 1.82) is 0 Å². The molecule has 0 radical (unpaired) electrons. The third-order valence-corrected chi connectivity index (χ3v) is 5.35. The number of halogens is 1. The fourth-order valence-corrected chi connectivity index (χ4v) is 3.80. The zero-order valence-electron chi connectivity index (χ0n) is 16.6. The van der Waals surface area contributed by atoms with Crippen molar-refractivity contribution in [2.75, 3.05) is 20.3 Å². The average Bonchev–Trinajstić information content (AvgIpc) is 3.24. The van der Waals surface area contributed by atoms with Gasteiger partial charge in [-0.1, -0.05) is 47.6 Å². The lowest BCUT2D eigenvalue weighted by Crippen LogP contribution is -2.47. The van der Waals surface area contributed by atoms with Crippen LogP contribution >= 0.6 is 12.2 Å². The van der Waals surface area contributed by atoms with Crippen molar-refractivity contribution in [1.82, 2.24) is 20.4 Å². The molecule has 2 aromatic carbocycles. The molecular formula is C22H21FN4O2S. The minimum atomic E-state index is -0.346. The van der Waals surface area contributed by atoms with Gasteiger partial charge in [0, 0.05) is 24.9 Å². The quantitative estimate of drug-likeness (QED) is 0.596. The van der Waals surface area contributed by atoms with E-state index in [1.165, 1.54) is 12.1 Å². The van der Waals surface area contributed by atoms with E-state index < -0.39 is 0 Å². The van der Waals surface area contributed by atoms with E-state index in [4.69, 9.17) is 21.5 Å². The molecule has 0 saturated carbocycles. The number of aromatic nitrogens is 2. The van der Waals surface area contributed by atoms with Crippen LogP contribution in [0.4, 0.5) is 4.39 Å². The summed E-state index contributed by atoms with van der Waals surface area (Å²) in [6.45, 7) is 3.04. The molecule has 0 fully saturated rings. The smallest absolute Gasteiger partial charge is 0.258 e. The van der Waals surface area contributed by atoms with Crippen LogP contribution in [0, 0.1) is 5.82 Å². The van der Waals surface area contributed by atoms with E-state index >= 15 is 0 Å². The van der Waals surface area contributed by atoms with Crippen molar-refractivity contribution in [3.8, 4) is 11.4 Å². The third kappa shape index (κ3) is 3.96. The van der Waals surface area contributed by atoms with Gasteiger partial charge in [0.25, 0.3) is 5.89 Å². The minimum Gasteiger partial charge on any atom is -0.383 e. The lowest BCUT2D eigenvalue weighted by Gasteiger charge is -2.37. The second-order valence-corrected chi connectivity index (χ2v) is 7.25. The van der Waals surface area contributed by atoms with E-state index in [2.05, 4.69) is 15.5 Å². The van der Waals surface area contributed by atoms with Gasteiger partial charge in [-0.25, -0.2) is 4.39 Å². The number of ether oxygens (including phenoxy) is 1. The van der Waals surface area contributed by atoms with Crippen LogP contribution in [-0.4, -0.2) is 40.4 Å². The lowest BCUT2D eigenvalue weighted by atomic mass is 9.95. The summed E-state index contributed by atoms with van der Waals surface area (Å²) < 4.78 is 24.4. The number of hydrogen-bond acceptors (Lipinski definition) is 5. The standard InChI is InChI=1S/C22H21FN4O2S/c1-14-18(21-25-20(26-29-21)16-6-4-3-5-7-16)19(15-8-10-17(23)11-9-15)24-22(30)27(14)12-13-28-2/h3-11,19H,12-13H2,1-2H3,(H,24,30). The number of allylic oxidation sites excluding steroid dienone is 1. The maximum atomic E-state index is 13.5. The highest BCUT2D eigenvalue weighted by atomic mass is 32.1. The summed E-state index contributed by atoms with van der Waals surface area (Å²) in [6.07, 6.45) is 0. The molecule has 8 heteroatoms. The topological polar surface area (TPSA) is 63.4 Å². The molecule has 0 bridgehead atoms. The van der Waals surface area contributed by atoms with Crippen LogP contribution in [0.3, 0.4) is 0 Å². The van der Waals surface area contributed by atoms with Gasteiger partial charge < -0.3 is 19.5 Å². The molecule has 1 aliphatic heterocycles. The zero-order chi connectivity index (χ0) is 21.1. The van der Waals surface area contributed by atoms with Crippen LogP contribution in [0.15, 0.2) is 64.8 Å². The molecule has 0 saturated heterocycles.